The van der Waals surface area contributed by atoms with Gasteiger partial charge in [-0.2, -0.15) is 0 Å². The predicted molar refractivity (Wildman–Crippen MR) is 121 cm³/mol. The Morgan fingerprint density at radius 3 is 2.63 bits per heavy atom. The standard InChI is InChI=1S/C22H26ClN3O3S/c1-5-13(3)24-18(27)11-17-12-30-22-25-14(4)19(21(28)29-6-2)20(26(17)22)15-7-9-16(23)10-8-15/h7-10,12-13,20H,5-6,11H2,1-4H3,(H,24,27)/t13-,20-/m0/s1. The molecule has 0 bridgehead atoms. The molecular weight excluding hydrogens is 422 g/mol. The lowest BCUT2D eigenvalue weighted by molar-refractivity contribution is -0.139. The molecule has 0 saturated carbocycles. The van der Waals surface area contributed by atoms with Gasteiger partial charge in [0.15, 0.2) is 5.17 Å². The van der Waals surface area contributed by atoms with Crippen molar-refractivity contribution in [2.75, 3.05) is 6.61 Å². The number of aliphatic imine (C=N–C) groups is 1. The van der Waals surface area contributed by atoms with Crippen LogP contribution in [0.25, 0.3) is 0 Å². The highest BCUT2D eigenvalue weighted by Crippen LogP contribution is 2.44. The van der Waals surface area contributed by atoms with Crippen molar-refractivity contribution in [1.29, 1.82) is 0 Å². The summed E-state index contributed by atoms with van der Waals surface area (Å²) in [4.78, 5) is 32.0. The number of fused-ring (bicyclic) bond motifs is 1. The minimum Gasteiger partial charge on any atom is -0.463 e. The Hall–Kier alpha value is -2.25. The van der Waals surface area contributed by atoms with Crippen LogP contribution in [-0.4, -0.2) is 34.6 Å². The van der Waals surface area contributed by atoms with Gasteiger partial charge in [0.2, 0.25) is 5.91 Å². The molecule has 1 amide bonds. The molecule has 0 unspecified atom stereocenters. The number of halogens is 1. The van der Waals surface area contributed by atoms with E-state index in [0.29, 0.717) is 16.3 Å². The van der Waals surface area contributed by atoms with Crippen LogP contribution >= 0.6 is 23.4 Å². The Morgan fingerprint density at radius 2 is 2.00 bits per heavy atom. The number of ether oxygens (including phenoxy) is 1. The average Bonchev–Trinajstić information content (AvgIpc) is 3.09. The number of carbonyl (C=O) groups is 2. The van der Waals surface area contributed by atoms with E-state index in [1.807, 2.05) is 43.2 Å². The van der Waals surface area contributed by atoms with Crippen molar-refractivity contribution in [2.24, 2.45) is 4.99 Å². The third-order valence-electron chi connectivity index (χ3n) is 5.04. The molecule has 6 nitrogen and oxygen atoms in total. The molecule has 0 aliphatic carbocycles. The number of esters is 1. The van der Waals surface area contributed by atoms with E-state index in [1.165, 1.54) is 11.8 Å². The monoisotopic (exact) mass is 447 g/mol. The first-order valence-electron chi connectivity index (χ1n) is 10.0. The fraction of sp³-hybridized carbons (Fsp3) is 0.409. The Balaban J connectivity index is 1.99. The van der Waals surface area contributed by atoms with E-state index < -0.39 is 12.0 Å². The van der Waals surface area contributed by atoms with Gasteiger partial charge in [-0.1, -0.05) is 42.4 Å². The molecule has 0 aromatic heterocycles. The summed E-state index contributed by atoms with van der Waals surface area (Å²) in [5, 5.41) is 6.29. The van der Waals surface area contributed by atoms with Gasteiger partial charge in [0.25, 0.3) is 0 Å². The highest BCUT2D eigenvalue weighted by atomic mass is 35.5. The van der Waals surface area contributed by atoms with Crippen molar-refractivity contribution in [3.63, 3.8) is 0 Å². The van der Waals surface area contributed by atoms with E-state index in [9.17, 15) is 9.59 Å². The molecule has 30 heavy (non-hydrogen) atoms. The maximum absolute atomic E-state index is 12.9. The van der Waals surface area contributed by atoms with Crippen LogP contribution in [0.2, 0.25) is 5.02 Å². The first-order chi connectivity index (χ1) is 14.3. The zero-order valence-electron chi connectivity index (χ0n) is 17.6. The highest BCUT2D eigenvalue weighted by Gasteiger charge is 2.41. The smallest absolute Gasteiger partial charge is 0.338 e. The van der Waals surface area contributed by atoms with Crippen LogP contribution in [-0.2, 0) is 14.3 Å². The molecule has 2 atom stereocenters. The normalized spacial score (nSPS) is 19.1. The lowest BCUT2D eigenvalue weighted by Crippen LogP contribution is -2.39. The first-order valence-corrected chi connectivity index (χ1v) is 11.3. The van der Waals surface area contributed by atoms with Crippen LogP contribution in [0, 0.1) is 0 Å². The summed E-state index contributed by atoms with van der Waals surface area (Å²) >= 11 is 7.54. The van der Waals surface area contributed by atoms with Crippen molar-refractivity contribution >= 4 is 40.4 Å². The number of amides is 1. The number of nitrogens with zero attached hydrogens (tertiary/aromatic N) is 2. The number of benzene rings is 1. The van der Waals surface area contributed by atoms with Crippen molar-refractivity contribution < 1.29 is 14.3 Å². The van der Waals surface area contributed by atoms with Crippen LogP contribution < -0.4 is 5.32 Å². The topological polar surface area (TPSA) is 71.0 Å². The molecule has 8 heteroatoms. The highest BCUT2D eigenvalue weighted by molar-refractivity contribution is 8.16. The molecule has 2 aliphatic rings. The lowest BCUT2D eigenvalue weighted by Gasteiger charge is -2.36. The number of amidine groups is 1. The van der Waals surface area contributed by atoms with Gasteiger partial charge in [-0.25, -0.2) is 9.79 Å². The SMILES string of the molecule is CCOC(=O)C1=C(C)N=C2SC=C(CC(=O)N[C@@H](C)CC)N2[C@H]1c1ccc(Cl)cc1. The second kappa shape index (κ2) is 9.71. The third kappa shape index (κ3) is 4.73. The quantitative estimate of drug-likeness (QED) is 0.609. The molecule has 1 aromatic rings. The first kappa shape index (κ1) is 22.4. The zero-order chi connectivity index (χ0) is 21.8. The Morgan fingerprint density at radius 1 is 1.30 bits per heavy atom. The molecule has 1 aromatic carbocycles. The molecule has 3 rings (SSSR count). The fourth-order valence-electron chi connectivity index (χ4n) is 3.39. The van der Waals surface area contributed by atoms with E-state index in [0.717, 1.165) is 22.8 Å². The molecule has 2 heterocycles. The Bertz CT molecular complexity index is 924. The van der Waals surface area contributed by atoms with Crippen LogP contribution in [0.15, 0.2) is 51.6 Å². The van der Waals surface area contributed by atoms with E-state index in [1.54, 1.807) is 19.1 Å². The van der Waals surface area contributed by atoms with Gasteiger partial charge in [-0.15, -0.1) is 0 Å². The maximum atomic E-state index is 12.9. The molecule has 2 aliphatic heterocycles. The van der Waals surface area contributed by atoms with Crippen molar-refractivity contribution in [2.45, 2.75) is 52.6 Å². The second-order valence-electron chi connectivity index (χ2n) is 7.22. The summed E-state index contributed by atoms with van der Waals surface area (Å²) in [5.41, 5.74) is 2.77. The van der Waals surface area contributed by atoms with Crippen LogP contribution in [0.1, 0.15) is 52.1 Å². The molecular formula is C22H26ClN3O3S. The Labute approximate surface area is 186 Å². The van der Waals surface area contributed by atoms with Gasteiger partial charge < -0.3 is 15.0 Å². The van der Waals surface area contributed by atoms with E-state index in [2.05, 4.69) is 10.3 Å². The van der Waals surface area contributed by atoms with Gasteiger partial charge in [-0.3, -0.25) is 4.79 Å². The van der Waals surface area contributed by atoms with E-state index in [-0.39, 0.29) is 25.0 Å². The van der Waals surface area contributed by atoms with Gasteiger partial charge >= 0.3 is 5.97 Å². The van der Waals surface area contributed by atoms with Crippen molar-refractivity contribution in [3.05, 3.63) is 57.2 Å². The number of nitrogens with one attached hydrogen (secondary N) is 1. The molecule has 0 saturated heterocycles. The summed E-state index contributed by atoms with van der Waals surface area (Å²) in [7, 11) is 0. The van der Waals surface area contributed by atoms with Crippen LogP contribution in [0.4, 0.5) is 0 Å². The number of thioether (sulfide) groups is 1. The van der Waals surface area contributed by atoms with Crippen molar-refractivity contribution in [3.8, 4) is 0 Å². The number of allylic oxidation sites excluding steroid dienone is 1. The number of hydrogen-bond acceptors (Lipinski definition) is 6. The molecule has 0 spiro atoms. The minimum absolute atomic E-state index is 0.0590. The summed E-state index contributed by atoms with van der Waals surface area (Å²) in [6.07, 6.45) is 1.06. The number of carbonyl (C=O) groups excluding carboxylic acids is 2. The average molecular weight is 448 g/mol. The Kier molecular flexibility index (Phi) is 7.26. The lowest BCUT2D eigenvalue weighted by atomic mass is 9.94. The molecule has 160 valence electrons. The van der Waals surface area contributed by atoms with Crippen LogP contribution in [0.3, 0.4) is 0 Å². The fourth-order valence-corrected chi connectivity index (χ4v) is 4.48. The molecule has 0 fully saturated rings. The molecule has 0 radical (unpaired) electrons. The largest absolute Gasteiger partial charge is 0.463 e. The third-order valence-corrected chi connectivity index (χ3v) is 6.18. The zero-order valence-corrected chi connectivity index (χ0v) is 19.1. The van der Waals surface area contributed by atoms with Gasteiger partial charge in [0, 0.05) is 16.8 Å². The van der Waals surface area contributed by atoms with Crippen molar-refractivity contribution in [1.82, 2.24) is 10.2 Å². The van der Waals surface area contributed by atoms with Gasteiger partial charge in [0.05, 0.1) is 30.3 Å². The predicted octanol–water partition coefficient (Wildman–Crippen LogP) is 4.78. The van der Waals surface area contributed by atoms with Crippen LogP contribution in [0.5, 0.6) is 0 Å². The van der Waals surface area contributed by atoms with E-state index in [4.69, 9.17) is 16.3 Å². The summed E-state index contributed by atoms with van der Waals surface area (Å²) in [6, 6.07) is 7.04. The van der Waals surface area contributed by atoms with Gasteiger partial charge in [-0.05, 0) is 50.3 Å². The van der Waals surface area contributed by atoms with Gasteiger partial charge in [0.1, 0.15) is 0 Å². The summed E-state index contributed by atoms with van der Waals surface area (Å²) < 4.78 is 5.33. The second-order valence-corrected chi connectivity index (χ2v) is 8.49. The maximum Gasteiger partial charge on any atom is 0.338 e. The van der Waals surface area contributed by atoms with E-state index >= 15 is 0 Å². The number of rotatable bonds is 7. The molecule has 1 N–H and O–H groups in total. The minimum atomic E-state index is -0.438. The number of hydrogen-bond donors (Lipinski definition) is 1. The summed E-state index contributed by atoms with van der Waals surface area (Å²) in [6.45, 7) is 7.87. The summed E-state index contributed by atoms with van der Waals surface area (Å²) in [5.74, 6) is -0.464.